The van der Waals surface area contributed by atoms with E-state index in [4.69, 9.17) is 4.74 Å². The summed E-state index contributed by atoms with van der Waals surface area (Å²) >= 11 is 6.72. The first kappa shape index (κ1) is 25.9. The lowest BCUT2D eigenvalue weighted by molar-refractivity contribution is -0.140. The van der Waals surface area contributed by atoms with Crippen LogP contribution in [-0.4, -0.2) is 60.3 Å². The molecule has 3 amide bonds. The smallest absolute Gasteiger partial charge is 0.260 e. The SMILES string of the molecule is O=C(Nc1ccc(CC(=O)N2CCN(C(=O)COc3ccc(Br)cc3)CC2)cc1)c1ccc(Br)cc1. The van der Waals surface area contributed by atoms with Gasteiger partial charge in [0.05, 0.1) is 6.42 Å². The number of nitrogens with zero attached hydrogens (tertiary/aromatic N) is 2. The predicted molar refractivity (Wildman–Crippen MR) is 145 cm³/mol. The van der Waals surface area contributed by atoms with E-state index in [1.165, 1.54) is 0 Å². The van der Waals surface area contributed by atoms with E-state index in [2.05, 4.69) is 37.2 Å². The maximum Gasteiger partial charge on any atom is 0.260 e. The molecule has 0 bridgehead atoms. The number of rotatable bonds is 7. The van der Waals surface area contributed by atoms with E-state index in [1.807, 2.05) is 36.4 Å². The molecule has 1 N–H and O–H groups in total. The predicted octanol–water partition coefficient (Wildman–Crippen LogP) is 4.76. The van der Waals surface area contributed by atoms with Crippen molar-refractivity contribution >= 4 is 55.3 Å². The van der Waals surface area contributed by atoms with E-state index in [0.29, 0.717) is 43.2 Å². The summed E-state index contributed by atoms with van der Waals surface area (Å²) in [5.41, 5.74) is 2.09. The van der Waals surface area contributed by atoms with Gasteiger partial charge in [-0.1, -0.05) is 44.0 Å². The first-order valence-electron chi connectivity index (χ1n) is 11.5. The summed E-state index contributed by atoms with van der Waals surface area (Å²) < 4.78 is 7.43. The molecule has 0 spiro atoms. The first-order chi connectivity index (χ1) is 17.4. The quantitative estimate of drug-likeness (QED) is 0.416. The Morgan fingerprint density at radius 3 is 1.83 bits per heavy atom. The minimum Gasteiger partial charge on any atom is -0.484 e. The Morgan fingerprint density at radius 2 is 1.25 bits per heavy atom. The minimum atomic E-state index is -0.194. The van der Waals surface area contributed by atoms with Crippen molar-refractivity contribution < 1.29 is 19.1 Å². The van der Waals surface area contributed by atoms with Gasteiger partial charge in [0.25, 0.3) is 11.8 Å². The summed E-state index contributed by atoms with van der Waals surface area (Å²) in [7, 11) is 0. The number of hydrogen-bond acceptors (Lipinski definition) is 4. The Labute approximate surface area is 226 Å². The van der Waals surface area contributed by atoms with Gasteiger partial charge in [0, 0.05) is 46.4 Å². The van der Waals surface area contributed by atoms with Crippen LogP contribution in [0.25, 0.3) is 0 Å². The lowest BCUT2D eigenvalue weighted by atomic mass is 10.1. The highest BCUT2D eigenvalue weighted by Crippen LogP contribution is 2.17. The van der Waals surface area contributed by atoms with Crippen molar-refractivity contribution in [2.45, 2.75) is 6.42 Å². The molecule has 0 aliphatic carbocycles. The van der Waals surface area contributed by atoms with Crippen molar-refractivity contribution in [2.24, 2.45) is 0 Å². The monoisotopic (exact) mass is 613 g/mol. The Kier molecular flexibility index (Phi) is 8.77. The van der Waals surface area contributed by atoms with Gasteiger partial charge < -0.3 is 19.9 Å². The Morgan fingerprint density at radius 1 is 0.722 bits per heavy atom. The fraction of sp³-hybridized carbons (Fsp3) is 0.222. The second-order valence-corrected chi connectivity index (χ2v) is 10.2. The number of carbonyl (C=O) groups excluding carboxylic acids is 3. The maximum atomic E-state index is 12.8. The van der Waals surface area contributed by atoms with Gasteiger partial charge >= 0.3 is 0 Å². The summed E-state index contributed by atoms with van der Waals surface area (Å²) in [4.78, 5) is 41.1. The molecule has 36 heavy (non-hydrogen) atoms. The second kappa shape index (κ2) is 12.2. The van der Waals surface area contributed by atoms with Gasteiger partial charge in [0.1, 0.15) is 5.75 Å². The van der Waals surface area contributed by atoms with Crippen LogP contribution >= 0.6 is 31.9 Å². The molecule has 0 aromatic heterocycles. The van der Waals surface area contributed by atoms with E-state index in [9.17, 15) is 14.4 Å². The fourth-order valence-electron chi connectivity index (χ4n) is 3.77. The third-order valence-electron chi connectivity index (χ3n) is 5.83. The lowest BCUT2D eigenvalue weighted by Gasteiger charge is -2.34. The molecule has 4 rings (SSSR count). The summed E-state index contributed by atoms with van der Waals surface area (Å²) in [5.74, 6) is 0.367. The van der Waals surface area contributed by atoms with E-state index in [1.54, 1.807) is 46.2 Å². The summed E-state index contributed by atoms with van der Waals surface area (Å²) in [5, 5.41) is 2.86. The molecular formula is C27H25Br2N3O4. The Balaban J connectivity index is 1.21. The van der Waals surface area contributed by atoms with Crippen LogP contribution < -0.4 is 10.1 Å². The van der Waals surface area contributed by atoms with E-state index < -0.39 is 0 Å². The van der Waals surface area contributed by atoms with Gasteiger partial charge in [0.15, 0.2) is 6.61 Å². The van der Waals surface area contributed by atoms with Crippen LogP contribution in [0.15, 0.2) is 81.7 Å². The number of nitrogens with one attached hydrogen (secondary N) is 1. The molecule has 0 unspecified atom stereocenters. The van der Waals surface area contributed by atoms with Crippen molar-refractivity contribution in [3.05, 3.63) is 92.9 Å². The second-order valence-electron chi connectivity index (χ2n) is 8.34. The number of ether oxygens (including phenoxy) is 1. The number of hydrogen-bond donors (Lipinski definition) is 1. The van der Waals surface area contributed by atoms with E-state index >= 15 is 0 Å². The van der Waals surface area contributed by atoms with Crippen LogP contribution in [0, 0.1) is 0 Å². The number of anilines is 1. The highest BCUT2D eigenvalue weighted by molar-refractivity contribution is 9.10. The summed E-state index contributed by atoms with van der Waals surface area (Å²) in [6.45, 7) is 1.92. The zero-order valence-corrected chi connectivity index (χ0v) is 22.6. The molecular weight excluding hydrogens is 590 g/mol. The molecule has 1 saturated heterocycles. The van der Waals surface area contributed by atoms with Gasteiger partial charge in [0.2, 0.25) is 5.91 Å². The highest BCUT2D eigenvalue weighted by atomic mass is 79.9. The van der Waals surface area contributed by atoms with Crippen LogP contribution in [0.5, 0.6) is 5.75 Å². The van der Waals surface area contributed by atoms with Crippen molar-refractivity contribution in [3.8, 4) is 5.75 Å². The normalized spacial score (nSPS) is 13.3. The molecule has 1 heterocycles. The molecule has 0 saturated carbocycles. The first-order valence-corrected chi connectivity index (χ1v) is 13.1. The maximum absolute atomic E-state index is 12.8. The highest BCUT2D eigenvalue weighted by Gasteiger charge is 2.24. The molecule has 9 heteroatoms. The third kappa shape index (κ3) is 7.18. The molecule has 3 aromatic rings. The van der Waals surface area contributed by atoms with Crippen LogP contribution in [0.4, 0.5) is 5.69 Å². The Bertz CT molecular complexity index is 1210. The zero-order chi connectivity index (χ0) is 25.5. The molecule has 1 fully saturated rings. The van der Waals surface area contributed by atoms with Crippen LogP contribution in [-0.2, 0) is 16.0 Å². The van der Waals surface area contributed by atoms with Gasteiger partial charge in [-0.15, -0.1) is 0 Å². The van der Waals surface area contributed by atoms with Gasteiger partial charge in [-0.05, 0) is 66.2 Å². The number of benzene rings is 3. The number of carbonyl (C=O) groups is 3. The van der Waals surface area contributed by atoms with Crippen molar-refractivity contribution in [3.63, 3.8) is 0 Å². The molecule has 0 atom stereocenters. The van der Waals surface area contributed by atoms with E-state index in [0.717, 1.165) is 14.5 Å². The summed E-state index contributed by atoms with van der Waals surface area (Å²) in [6.07, 6.45) is 0.265. The van der Waals surface area contributed by atoms with Crippen molar-refractivity contribution in [1.29, 1.82) is 0 Å². The third-order valence-corrected chi connectivity index (χ3v) is 6.89. The van der Waals surface area contributed by atoms with Gasteiger partial charge in [-0.25, -0.2) is 0 Å². The lowest BCUT2D eigenvalue weighted by Crippen LogP contribution is -2.52. The number of amides is 3. The van der Waals surface area contributed by atoms with E-state index in [-0.39, 0.29) is 30.7 Å². The van der Waals surface area contributed by atoms with Crippen LogP contribution in [0.1, 0.15) is 15.9 Å². The van der Waals surface area contributed by atoms with Crippen molar-refractivity contribution in [1.82, 2.24) is 9.80 Å². The fourth-order valence-corrected chi connectivity index (χ4v) is 4.30. The topological polar surface area (TPSA) is 79.0 Å². The van der Waals surface area contributed by atoms with Crippen LogP contribution in [0.3, 0.4) is 0 Å². The molecule has 0 radical (unpaired) electrons. The number of piperazine rings is 1. The van der Waals surface area contributed by atoms with Gasteiger partial charge in [-0.3, -0.25) is 14.4 Å². The van der Waals surface area contributed by atoms with Crippen LogP contribution in [0.2, 0.25) is 0 Å². The minimum absolute atomic E-state index is 0.0138. The molecule has 1 aliphatic heterocycles. The molecule has 1 aliphatic rings. The molecule has 3 aromatic carbocycles. The zero-order valence-electron chi connectivity index (χ0n) is 19.5. The average Bonchev–Trinajstić information content (AvgIpc) is 2.89. The molecule has 7 nitrogen and oxygen atoms in total. The average molecular weight is 615 g/mol. The largest absolute Gasteiger partial charge is 0.484 e. The number of halogens is 2. The summed E-state index contributed by atoms with van der Waals surface area (Å²) in [6, 6.07) is 21.7. The standard InChI is InChI=1S/C27H25Br2N3O4/c28-21-5-3-20(4-6-21)27(35)30-23-9-1-19(2-10-23)17-25(33)31-13-15-32(16-14-31)26(34)18-36-24-11-7-22(29)8-12-24/h1-12H,13-18H2,(H,30,35). The van der Waals surface area contributed by atoms with Crippen molar-refractivity contribution in [2.75, 3.05) is 38.1 Å². The molecule has 186 valence electrons. The van der Waals surface area contributed by atoms with Gasteiger partial charge in [-0.2, -0.15) is 0 Å². The Hall–Kier alpha value is -3.17.